The van der Waals surface area contributed by atoms with Gasteiger partial charge < -0.3 is 57.2 Å². The van der Waals surface area contributed by atoms with Gasteiger partial charge in [0.1, 0.15) is 12.1 Å². The topological polar surface area (TPSA) is 365 Å². The SMILES string of the molecule is O=C(O)CCC(NC(=O)N[C@H](CCC(=O)NCCCCCNC(=O)CNC(=O)CN1CCN(CC(=O)O)CCN(CC(=O)O)CCN(CC(=O)O)CC1)C(=O)O)C(=O)O. The third-order valence-electron chi connectivity index (χ3n) is 8.83. The van der Waals surface area contributed by atoms with E-state index >= 15 is 0 Å². The molecule has 334 valence electrons. The van der Waals surface area contributed by atoms with Crippen LogP contribution in [0.25, 0.3) is 0 Å². The first-order chi connectivity index (χ1) is 27.8. The zero-order valence-corrected chi connectivity index (χ0v) is 32.8. The fourth-order valence-corrected chi connectivity index (χ4v) is 5.67. The normalized spacial score (nSPS) is 15.9. The van der Waals surface area contributed by atoms with Crippen molar-refractivity contribution in [3.8, 4) is 0 Å². The molecule has 11 N–H and O–H groups in total. The van der Waals surface area contributed by atoms with Crippen LogP contribution in [-0.4, -0.2) is 220 Å². The van der Waals surface area contributed by atoms with E-state index in [1.807, 2.05) is 5.32 Å². The van der Waals surface area contributed by atoms with Crippen molar-refractivity contribution in [1.82, 2.24) is 46.2 Å². The van der Waals surface area contributed by atoms with E-state index in [0.717, 1.165) is 0 Å². The van der Waals surface area contributed by atoms with Crippen LogP contribution in [-0.2, 0) is 43.2 Å². The average molecular weight is 848 g/mol. The maximum absolute atomic E-state index is 12.8. The van der Waals surface area contributed by atoms with Crippen LogP contribution >= 0.6 is 0 Å². The standard InChI is InChI=1S/C34H57N9O16/c44-25(6-4-23(32(55)56)38-34(59)39-24(33(57)58)5-7-28(47)48)35-8-2-1-3-9-36-26(45)18-37-27(46)19-40-10-12-41(20-29(49)50)14-16-43(22-31(53)54)17-15-42(13-11-40)21-30(51)52/h23-24H,1-22H2,(H,35,44)(H,36,45)(H,37,46)(H,47,48)(H,49,50)(H,51,52)(H,53,54)(H,55,56)(H,57,58)(H2,38,39,59)/t23-,24?/m1/s1. The Bertz CT molecular complexity index is 1420. The Morgan fingerprint density at radius 1 is 0.424 bits per heavy atom. The maximum atomic E-state index is 12.8. The Kier molecular flexibility index (Phi) is 25.0. The van der Waals surface area contributed by atoms with Crippen molar-refractivity contribution in [3.63, 3.8) is 0 Å². The molecule has 2 atom stereocenters. The van der Waals surface area contributed by atoms with Gasteiger partial charge in [0.05, 0.1) is 32.7 Å². The van der Waals surface area contributed by atoms with E-state index in [9.17, 15) is 68.4 Å². The highest BCUT2D eigenvalue weighted by Crippen LogP contribution is 2.04. The fraction of sp³-hybridized carbons (Fsp3) is 0.706. The first kappa shape index (κ1) is 51.4. The van der Waals surface area contributed by atoms with E-state index in [1.165, 1.54) is 0 Å². The Balaban J connectivity index is 2.46. The first-order valence-electron chi connectivity index (χ1n) is 18.9. The van der Waals surface area contributed by atoms with Crippen LogP contribution in [0.1, 0.15) is 44.9 Å². The number of hydrogen-bond acceptors (Lipinski definition) is 14. The number of aliphatic carboxylic acids is 6. The molecule has 1 saturated heterocycles. The van der Waals surface area contributed by atoms with Gasteiger partial charge in [0, 0.05) is 78.3 Å². The molecule has 1 unspecified atom stereocenters. The molecular weight excluding hydrogens is 790 g/mol. The molecule has 0 aromatic carbocycles. The number of carbonyl (C=O) groups excluding carboxylic acids is 4. The number of hydrogen-bond donors (Lipinski definition) is 11. The number of nitrogens with one attached hydrogen (secondary N) is 5. The molecular formula is C34H57N9O16. The average Bonchev–Trinajstić information content (AvgIpc) is 3.13. The van der Waals surface area contributed by atoms with Gasteiger partial charge in [-0.05, 0) is 32.1 Å². The molecule has 1 aliphatic heterocycles. The number of carboxylic acid groups (broad SMARTS) is 6. The molecule has 25 heteroatoms. The number of carbonyl (C=O) groups is 10. The quantitative estimate of drug-likeness (QED) is 0.0368. The van der Waals surface area contributed by atoms with Crippen LogP contribution in [0.2, 0.25) is 0 Å². The molecule has 5 amide bonds. The zero-order chi connectivity index (χ0) is 44.3. The van der Waals surface area contributed by atoms with Crippen molar-refractivity contribution in [3.05, 3.63) is 0 Å². The second-order valence-electron chi connectivity index (χ2n) is 13.7. The zero-order valence-electron chi connectivity index (χ0n) is 32.8. The number of urea groups is 1. The highest BCUT2D eigenvalue weighted by molar-refractivity contribution is 5.87. The molecule has 0 saturated carbocycles. The molecule has 0 bridgehead atoms. The Labute approximate surface area is 339 Å². The van der Waals surface area contributed by atoms with Crippen LogP contribution in [0.3, 0.4) is 0 Å². The van der Waals surface area contributed by atoms with E-state index in [1.54, 1.807) is 19.6 Å². The van der Waals surface area contributed by atoms with Gasteiger partial charge in [-0.25, -0.2) is 14.4 Å². The van der Waals surface area contributed by atoms with Gasteiger partial charge in [0.25, 0.3) is 0 Å². The lowest BCUT2D eigenvalue weighted by atomic mass is 10.1. The fourth-order valence-electron chi connectivity index (χ4n) is 5.67. The van der Waals surface area contributed by atoms with E-state index in [4.69, 9.17) is 10.2 Å². The van der Waals surface area contributed by atoms with Crippen molar-refractivity contribution in [1.29, 1.82) is 0 Å². The predicted molar refractivity (Wildman–Crippen MR) is 202 cm³/mol. The van der Waals surface area contributed by atoms with E-state index in [-0.39, 0.29) is 111 Å². The number of carboxylic acids is 6. The van der Waals surface area contributed by atoms with Crippen LogP contribution in [0.15, 0.2) is 0 Å². The summed E-state index contributed by atoms with van der Waals surface area (Å²) in [6.07, 6.45) is 0.0705. The summed E-state index contributed by atoms with van der Waals surface area (Å²) in [5.41, 5.74) is 0. The van der Waals surface area contributed by atoms with E-state index in [2.05, 4.69) is 21.3 Å². The second kappa shape index (κ2) is 28.7. The maximum Gasteiger partial charge on any atom is 0.326 e. The molecule has 1 rings (SSSR count). The van der Waals surface area contributed by atoms with E-state index in [0.29, 0.717) is 19.3 Å². The molecule has 0 radical (unpaired) electrons. The number of amides is 5. The van der Waals surface area contributed by atoms with Gasteiger partial charge >= 0.3 is 41.8 Å². The Hall–Kier alpha value is -5.66. The predicted octanol–water partition coefficient (Wildman–Crippen LogP) is -4.17. The van der Waals surface area contributed by atoms with E-state index < -0.39 is 84.5 Å². The lowest BCUT2D eigenvalue weighted by molar-refractivity contribution is -0.141. The first-order valence-corrected chi connectivity index (χ1v) is 18.9. The lowest BCUT2D eigenvalue weighted by Crippen LogP contribution is -2.51. The summed E-state index contributed by atoms with van der Waals surface area (Å²) in [7, 11) is 0. The summed E-state index contributed by atoms with van der Waals surface area (Å²) in [6, 6.07) is -4.25. The largest absolute Gasteiger partial charge is 0.481 e. The van der Waals surface area contributed by atoms with Gasteiger partial charge in [0.2, 0.25) is 17.7 Å². The molecule has 0 spiro atoms. The molecule has 0 aromatic rings. The molecule has 1 aliphatic rings. The van der Waals surface area contributed by atoms with Gasteiger partial charge in [-0.3, -0.25) is 53.2 Å². The number of nitrogens with zero attached hydrogens (tertiary/aromatic N) is 4. The summed E-state index contributed by atoms with van der Waals surface area (Å²) in [4.78, 5) is 124. The Morgan fingerprint density at radius 2 is 0.797 bits per heavy atom. The van der Waals surface area contributed by atoms with Crippen molar-refractivity contribution < 1.29 is 78.6 Å². The van der Waals surface area contributed by atoms with Gasteiger partial charge in [-0.15, -0.1) is 0 Å². The minimum Gasteiger partial charge on any atom is -0.481 e. The summed E-state index contributed by atoms with van der Waals surface area (Å²) in [5.74, 6) is -8.93. The molecule has 1 fully saturated rings. The summed E-state index contributed by atoms with van der Waals surface area (Å²) < 4.78 is 0. The Morgan fingerprint density at radius 3 is 1.17 bits per heavy atom. The monoisotopic (exact) mass is 847 g/mol. The smallest absolute Gasteiger partial charge is 0.326 e. The van der Waals surface area contributed by atoms with Crippen molar-refractivity contribution in [2.24, 2.45) is 0 Å². The molecule has 0 aliphatic carbocycles. The summed E-state index contributed by atoms with van der Waals surface area (Å²) in [6.45, 7) is 0.960. The van der Waals surface area contributed by atoms with Gasteiger partial charge in [-0.2, -0.15) is 0 Å². The van der Waals surface area contributed by atoms with Crippen LogP contribution in [0.5, 0.6) is 0 Å². The third-order valence-corrected chi connectivity index (χ3v) is 8.83. The van der Waals surface area contributed by atoms with Crippen LogP contribution in [0.4, 0.5) is 4.79 Å². The van der Waals surface area contributed by atoms with Crippen molar-refractivity contribution in [2.45, 2.75) is 57.0 Å². The summed E-state index contributed by atoms with van der Waals surface area (Å²) >= 11 is 0. The molecule has 25 nitrogen and oxygen atoms in total. The highest BCUT2D eigenvalue weighted by atomic mass is 16.4. The van der Waals surface area contributed by atoms with Crippen LogP contribution in [0, 0.1) is 0 Å². The van der Waals surface area contributed by atoms with Crippen LogP contribution < -0.4 is 26.6 Å². The minimum atomic E-state index is -1.57. The van der Waals surface area contributed by atoms with Crippen molar-refractivity contribution >= 4 is 59.6 Å². The number of rotatable bonds is 26. The third kappa shape index (κ3) is 26.1. The minimum absolute atomic E-state index is 0.155. The van der Waals surface area contributed by atoms with Crippen molar-refractivity contribution in [2.75, 3.05) is 98.2 Å². The lowest BCUT2D eigenvalue weighted by Gasteiger charge is -2.32. The second-order valence-corrected chi connectivity index (χ2v) is 13.7. The number of unbranched alkanes of at least 4 members (excludes halogenated alkanes) is 2. The summed E-state index contributed by atoms with van der Waals surface area (Å²) in [5, 5.41) is 67.1. The molecule has 0 aromatic heterocycles. The highest BCUT2D eigenvalue weighted by Gasteiger charge is 2.26. The molecule has 1 heterocycles. The van der Waals surface area contributed by atoms with Gasteiger partial charge in [-0.1, -0.05) is 0 Å². The molecule has 59 heavy (non-hydrogen) atoms. The van der Waals surface area contributed by atoms with Gasteiger partial charge in [0.15, 0.2) is 0 Å².